The summed E-state index contributed by atoms with van der Waals surface area (Å²) in [5, 5.41) is 13.4. The van der Waals surface area contributed by atoms with Gasteiger partial charge in [-0.15, -0.1) is 0 Å². The summed E-state index contributed by atoms with van der Waals surface area (Å²) in [4.78, 5) is 12.8. The average Bonchev–Trinajstić information content (AvgIpc) is 3.38. The predicted molar refractivity (Wildman–Crippen MR) is 95.9 cm³/mol. The summed E-state index contributed by atoms with van der Waals surface area (Å²) in [5.41, 5.74) is 2.73. The molecule has 126 valence electrons. The van der Waals surface area contributed by atoms with Gasteiger partial charge in [0.15, 0.2) is 0 Å². The molecule has 1 amide bonds. The van der Waals surface area contributed by atoms with Crippen LogP contribution in [0, 0.1) is 16.7 Å². The normalized spacial score (nSPS) is 32.5. The van der Waals surface area contributed by atoms with Gasteiger partial charge in [0.2, 0.25) is 0 Å². The van der Waals surface area contributed by atoms with Gasteiger partial charge in [0, 0.05) is 34.7 Å². The van der Waals surface area contributed by atoms with Crippen LogP contribution in [0.4, 0.5) is 0 Å². The summed E-state index contributed by atoms with van der Waals surface area (Å²) in [5.74, 6) is 0.965. The molecule has 3 unspecified atom stereocenters. The molecule has 0 bridgehead atoms. The number of fused-ring (bicyclic) bond motifs is 1. The Morgan fingerprint density at radius 3 is 3.00 bits per heavy atom. The van der Waals surface area contributed by atoms with Gasteiger partial charge < -0.3 is 15.0 Å². The van der Waals surface area contributed by atoms with Crippen molar-refractivity contribution in [2.75, 3.05) is 13.2 Å². The molecular weight excluding hydrogens is 368 g/mol. The van der Waals surface area contributed by atoms with Crippen molar-refractivity contribution in [3.8, 4) is 0 Å². The Kier molecular flexibility index (Phi) is 3.03. The van der Waals surface area contributed by atoms with E-state index in [0.29, 0.717) is 22.9 Å². The van der Waals surface area contributed by atoms with Crippen molar-refractivity contribution in [2.45, 2.75) is 32.2 Å². The van der Waals surface area contributed by atoms with E-state index in [0.717, 1.165) is 27.8 Å². The molecule has 0 radical (unpaired) electrons. The van der Waals surface area contributed by atoms with Crippen molar-refractivity contribution in [1.29, 1.82) is 0 Å². The van der Waals surface area contributed by atoms with Crippen LogP contribution >= 0.6 is 15.9 Å². The topological polar surface area (TPSA) is 54.3 Å². The number of carbonyl (C=O) groups is 1. The first-order valence-electron chi connectivity index (χ1n) is 8.76. The number of aromatic nitrogens is 1. The molecule has 1 heterocycles. The van der Waals surface area contributed by atoms with Crippen LogP contribution in [0.3, 0.4) is 0 Å². The lowest BCUT2D eigenvalue weighted by molar-refractivity contribution is 0.0944. The summed E-state index contributed by atoms with van der Waals surface area (Å²) in [6.07, 6.45) is 7.24. The molecule has 4 nitrogen and oxygen atoms in total. The molecule has 1 aromatic heterocycles. The molecule has 2 N–H and O–H groups in total. The number of nitrogens with one attached hydrogen (secondary N) is 1. The van der Waals surface area contributed by atoms with Gasteiger partial charge in [0.05, 0.1) is 12.2 Å². The molecule has 5 heteroatoms. The Labute approximate surface area is 149 Å². The van der Waals surface area contributed by atoms with Crippen LogP contribution in [-0.2, 0) is 6.54 Å². The van der Waals surface area contributed by atoms with E-state index in [1.807, 2.05) is 29.0 Å². The lowest BCUT2D eigenvalue weighted by Crippen LogP contribution is -2.30. The van der Waals surface area contributed by atoms with E-state index < -0.39 is 0 Å². The van der Waals surface area contributed by atoms with E-state index in [-0.39, 0.29) is 12.5 Å². The van der Waals surface area contributed by atoms with Crippen LogP contribution < -0.4 is 5.32 Å². The van der Waals surface area contributed by atoms with Crippen LogP contribution in [0.5, 0.6) is 0 Å². The molecule has 0 aliphatic heterocycles. The third kappa shape index (κ3) is 1.91. The Morgan fingerprint density at radius 1 is 1.46 bits per heavy atom. The zero-order valence-electron chi connectivity index (χ0n) is 13.5. The first-order valence-corrected chi connectivity index (χ1v) is 9.55. The fourth-order valence-corrected chi connectivity index (χ4v) is 5.75. The maximum atomic E-state index is 12.8. The number of aliphatic hydroxyl groups is 1. The van der Waals surface area contributed by atoms with Gasteiger partial charge in [0.1, 0.15) is 0 Å². The zero-order chi connectivity index (χ0) is 16.5. The highest BCUT2D eigenvalue weighted by Crippen LogP contribution is 2.88. The number of carbonyl (C=O) groups excluding carboxylic acids is 1. The molecule has 1 aromatic carbocycles. The van der Waals surface area contributed by atoms with Crippen molar-refractivity contribution in [3.63, 3.8) is 0 Å². The third-order valence-electron chi connectivity index (χ3n) is 6.80. The second-order valence-electron chi connectivity index (χ2n) is 7.86. The summed E-state index contributed by atoms with van der Waals surface area (Å²) in [6, 6.07) is 5.95. The molecule has 3 fully saturated rings. The van der Waals surface area contributed by atoms with Gasteiger partial charge in [-0.05, 0) is 60.6 Å². The van der Waals surface area contributed by atoms with Crippen molar-refractivity contribution < 1.29 is 9.90 Å². The molecule has 3 atom stereocenters. The van der Waals surface area contributed by atoms with Crippen molar-refractivity contribution in [1.82, 2.24) is 9.88 Å². The highest BCUT2D eigenvalue weighted by atomic mass is 79.9. The number of aliphatic hydroxyl groups excluding tert-OH is 1. The Hall–Kier alpha value is -1.33. The maximum absolute atomic E-state index is 12.8. The number of amides is 1. The molecule has 3 saturated carbocycles. The smallest absolute Gasteiger partial charge is 0.253 e. The van der Waals surface area contributed by atoms with Gasteiger partial charge in [0.25, 0.3) is 5.91 Å². The molecule has 5 rings (SSSR count). The molecular formula is C19H21BrN2O2. The van der Waals surface area contributed by atoms with E-state index in [2.05, 4.69) is 21.2 Å². The van der Waals surface area contributed by atoms with Crippen LogP contribution in [0.2, 0.25) is 0 Å². The summed E-state index contributed by atoms with van der Waals surface area (Å²) in [7, 11) is 0. The lowest BCUT2D eigenvalue weighted by atomic mass is 10.0. The number of hydrogen-bond donors (Lipinski definition) is 2. The Morgan fingerprint density at radius 2 is 2.33 bits per heavy atom. The van der Waals surface area contributed by atoms with Crippen LogP contribution in [0.15, 0.2) is 28.9 Å². The van der Waals surface area contributed by atoms with Crippen molar-refractivity contribution in [3.05, 3.63) is 34.4 Å². The van der Waals surface area contributed by atoms with E-state index in [4.69, 9.17) is 0 Å². The Bertz CT molecular complexity index is 854. The summed E-state index contributed by atoms with van der Waals surface area (Å²) in [6.45, 7) is 1.39. The van der Waals surface area contributed by atoms with Gasteiger partial charge in [-0.3, -0.25) is 4.79 Å². The van der Waals surface area contributed by atoms with E-state index in [9.17, 15) is 9.90 Å². The first-order chi connectivity index (χ1) is 11.6. The van der Waals surface area contributed by atoms with E-state index >= 15 is 0 Å². The van der Waals surface area contributed by atoms with Crippen molar-refractivity contribution >= 4 is 32.7 Å². The fraction of sp³-hybridized carbons (Fsp3) is 0.526. The minimum atomic E-state index is 0.00955. The SMILES string of the molecule is O=C(NCC12CCC3CC31C2)c1cn(CCO)c2ccc(Br)cc12. The quantitative estimate of drug-likeness (QED) is 0.825. The van der Waals surface area contributed by atoms with Gasteiger partial charge in [-0.25, -0.2) is 0 Å². The summed E-state index contributed by atoms with van der Waals surface area (Å²) >= 11 is 3.49. The zero-order valence-corrected chi connectivity index (χ0v) is 15.1. The van der Waals surface area contributed by atoms with Gasteiger partial charge >= 0.3 is 0 Å². The predicted octanol–water partition coefficient (Wildman–Crippen LogP) is 3.32. The molecule has 24 heavy (non-hydrogen) atoms. The van der Waals surface area contributed by atoms with E-state index in [1.165, 1.54) is 25.7 Å². The average molecular weight is 389 g/mol. The number of nitrogens with zero attached hydrogens (tertiary/aromatic N) is 1. The molecule has 1 spiro atoms. The molecule has 2 aromatic rings. The molecule has 0 saturated heterocycles. The standard InChI is InChI=1S/C19H21BrN2O2/c20-13-1-2-16-14(7-13)15(9-22(16)5-6-23)17(24)21-11-18-4-3-12-8-19(12,18)10-18/h1-2,7,9,12,23H,3-6,8,10-11H2,(H,21,24). The number of benzene rings is 1. The Balaban J connectivity index is 1.41. The maximum Gasteiger partial charge on any atom is 0.253 e. The second-order valence-corrected chi connectivity index (χ2v) is 8.77. The second kappa shape index (κ2) is 4.85. The van der Waals surface area contributed by atoms with Crippen LogP contribution in [-0.4, -0.2) is 28.7 Å². The van der Waals surface area contributed by atoms with Crippen LogP contribution in [0.25, 0.3) is 10.9 Å². The van der Waals surface area contributed by atoms with Gasteiger partial charge in [-0.2, -0.15) is 0 Å². The fourth-order valence-electron chi connectivity index (χ4n) is 5.39. The number of hydrogen-bond acceptors (Lipinski definition) is 2. The van der Waals surface area contributed by atoms with Gasteiger partial charge in [-0.1, -0.05) is 15.9 Å². The third-order valence-corrected chi connectivity index (χ3v) is 7.30. The minimum absolute atomic E-state index is 0.00955. The molecule has 3 aliphatic rings. The van der Waals surface area contributed by atoms with Crippen molar-refractivity contribution in [2.24, 2.45) is 16.7 Å². The minimum Gasteiger partial charge on any atom is -0.395 e. The molecule has 3 aliphatic carbocycles. The highest BCUT2D eigenvalue weighted by molar-refractivity contribution is 9.10. The lowest BCUT2D eigenvalue weighted by Gasteiger charge is -2.14. The summed E-state index contributed by atoms with van der Waals surface area (Å²) < 4.78 is 2.92. The first kappa shape index (κ1) is 15.0. The van der Waals surface area contributed by atoms with Crippen LogP contribution in [0.1, 0.15) is 36.0 Å². The highest BCUT2D eigenvalue weighted by Gasteiger charge is 2.82. The largest absolute Gasteiger partial charge is 0.395 e. The number of rotatable bonds is 5. The number of halogens is 1. The van der Waals surface area contributed by atoms with E-state index in [1.54, 1.807) is 0 Å². The monoisotopic (exact) mass is 388 g/mol.